The molecule has 0 unspecified atom stereocenters. The van der Waals surface area contributed by atoms with E-state index in [0.29, 0.717) is 50.5 Å². The molecule has 12 heteroatoms. The number of nitrogens with zero attached hydrogens (tertiary/aromatic N) is 2. The number of thioether (sulfide) groups is 3. The minimum absolute atomic E-state index is 0.194. The van der Waals surface area contributed by atoms with E-state index in [1.807, 2.05) is 61.8 Å². The van der Waals surface area contributed by atoms with Crippen molar-refractivity contribution < 1.29 is 23.2 Å². The van der Waals surface area contributed by atoms with Crippen LogP contribution in [0.15, 0.2) is 58.3 Å². The van der Waals surface area contributed by atoms with Crippen LogP contribution in [0.2, 0.25) is 0 Å². The smallest absolute Gasteiger partial charge is 0.415 e. The largest absolute Gasteiger partial charge is 0.453 e. The highest BCUT2D eigenvalue weighted by Crippen LogP contribution is 2.54. The Morgan fingerprint density at radius 1 is 0.867 bits per heavy atom. The number of hydrogen-bond acceptors (Lipinski definition) is 9. The van der Waals surface area contributed by atoms with Crippen LogP contribution in [-0.2, 0) is 14.2 Å². The number of benzene rings is 2. The summed E-state index contributed by atoms with van der Waals surface area (Å²) in [6.07, 6.45) is 10.3. The maximum absolute atomic E-state index is 14.8. The standard InChI is InChI=1S/C33H50N3O5PS3/c1-7-8-9-10-31(37)36-22-20-35(21-23-36)30(19-24-43-4)32(38)34-33(25(2)3)42(39,40-26-11-15-28(44-5)16-12-26)41-27-13-17-29(45-6)18-14-27/h11-18,25,30,33H,7-10,19-24H2,1-6H3,(H,34,38)/t30-,33-/m0/s1. The SMILES string of the molecule is CCCCCC(=O)N1CCN([C@@H](CCSC)C(=O)N[C@H](C(C)C)P(=O)(Oc2ccc(SC)cc2)Oc2ccc(SC)cc2)CC1. The van der Waals surface area contributed by atoms with E-state index >= 15 is 0 Å². The first-order chi connectivity index (χ1) is 21.6. The molecule has 0 bridgehead atoms. The number of rotatable bonds is 18. The van der Waals surface area contributed by atoms with Crippen LogP contribution in [-0.4, -0.2) is 84.1 Å². The summed E-state index contributed by atoms with van der Waals surface area (Å²) in [4.78, 5) is 33.0. The summed E-state index contributed by atoms with van der Waals surface area (Å²) in [5.74, 6) is 0.464. The van der Waals surface area contributed by atoms with Crippen molar-refractivity contribution in [1.29, 1.82) is 0 Å². The maximum atomic E-state index is 14.8. The van der Waals surface area contributed by atoms with E-state index < -0.39 is 19.4 Å². The molecule has 2 aromatic carbocycles. The normalized spacial score (nSPS) is 15.5. The Kier molecular flexibility index (Phi) is 16.0. The lowest BCUT2D eigenvalue weighted by atomic mass is 10.1. The van der Waals surface area contributed by atoms with Gasteiger partial charge in [-0.05, 0) is 91.8 Å². The third-order valence-electron chi connectivity index (χ3n) is 7.85. The molecule has 2 aromatic rings. The quantitative estimate of drug-likeness (QED) is 0.0957. The van der Waals surface area contributed by atoms with Crippen LogP contribution < -0.4 is 14.4 Å². The van der Waals surface area contributed by atoms with Gasteiger partial charge in [0.1, 0.15) is 11.5 Å². The van der Waals surface area contributed by atoms with Gasteiger partial charge < -0.3 is 19.3 Å². The van der Waals surface area contributed by atoms with Crippen LogP contribution in [0.1, 0.15) is 52.9 Å². The minimum Gasteiger partial charge on any atom is -0.415 e. The number of nitrogens with one attached hydrogen (secondary N) is 1. The number of carbonyl (C=O) groups excluding carboxylic acids is 2. The number of hydrogen-bond donors (Lipinski definition) is 1. The molecule has 1 heterocycles. The molecule has 1 fully saturated rings. The molecule has 45 heavy (non-hydrogen) atoms. The molecule has 1 saturated heterocycles. The van der Waals surface area contributed by atoms with E-state index in [0.717, 1.165) is 34.8 Å². The molecule has 250 valence electrons. The number of unbranched alkanes of at least 4 members (excludes halogenated alkanes) is 2. The molecule has 1 aliphatic rings. The summed E-state index contributed by atoms with van der Waals surface area (Å²) in [6.45, 7) is 8.40. The second-order valence-corrected chi connectivity index (χ2v) is 16.2. The molecule has 8 nitrogen and oxygen atoms in total. The monoisotopic (exact) mass is 695 g/mol. The van der Waals surface area contributed by atoms with Crippen molar-refractivity contribution in [3.63, 3.8) is 0 Å². The number of carbonyl (C=O) groups is 2. The van der Waals surface area contributed by atoms with Crippen LogP contribution in [0.5, 0.6) is 11.5 Å². The van der Waals surface area contributed by atoms with Crippen LogP contribution in [0.25, 0.3) is 0 Å². The molecule has 0 aromatic heterocycles. The Morgan fingerprint density at radius 2 is 1.40 bits per heavy atom. The van der Waals surface area contributed by atoms with Gasteiger partial charge in [0, 0.05) is 42.4 Å². The first-order valence-corrected chi connectivity index (χ1v) is 21.2. The molecule has 0 radical (unpaired) electrons. The Labute approximate surface area is 283 Å². The predicted octanol–water partition coefficient (Wildman–Crippen LogP) is 7.73. The zero-order chi connectivity index (χ0) is 32.8. The zero-order valence-electron chi connectivity index (χ0n) is 27.5. The van der Waals surface area contributed by atoms with Gasteiger partial charge in [-0.15, -0.1) is 23.5 Å². The second-order valence-electron chi connectivity index (χ2n) is 11.4. The Bertz CT molecular complexity index is 1190. The Balaban J connectivity index is 1.83. The fourth-order valence-electron chi connectivity index (χ4n) is 5.23. The lowest BCUT2D eigenvalue weighted by Gasteiger charge is -2.39. The summed E-state index contributed by atoms with van der Waals surface area (Å²) in [5, 5.41) is 3.13. The van der Waals surface area contributed by atoms with Crippen LogP contribution in [0.4, 0.5) is 0 Å². The van der Waals surface area contributed by atoms with E-state index in [4.69, 9.17) is 9.05 Å². The van der Waals surface area contributed by atoms with E-state index in [2.05, 4.69) is 17.1 Å². The number of piperazine rings is 1. The van der Waals surface area contributed by atoms with Crippen molar-refractivity contribution in [2.45, 2.75) is 74.5 Å². The molecule has 2 amide bonds. The molecule has 0 aliphatic carbocycles. The van der Waals surface area contributed by atoms with Crippen LogP contribution in [0, 0.1) is 5.92 Å². The van der Waals surface area contributed by atoms with Gasteiger partial charge in [0.15, 0.2) is 5.78 Å². The lowest BCUT2D eigenvalue weighted by molar-refractivity contribution is -0.134. The molecule has 1 aliphatic heterocycles. The summed E-state index contributed by atoms with van der Waals surface area (Å²) in [7, 11) is -3.99. The highest BCUT2D eigenvalue weighted by Gasteiger charge is 2.44. The topological polar surface area (TPSA) is 88.2 Å². The minimum atomic E-state index is -3.99. The van der Waals surface area contributed by atoms with E-state index in [1.165, 1.54) is 0 Å². The van der Waals surface area contributed by atoms with Crippen molar-refractivity contribution >= 4 is 54.7 Å². The van der Waals surface area contributed by atoms with Crippen LogP contribution >= 0.6 is 42.9 Å². The summed E-state index contributed by atoms with van der Waals surface area (Å²) in [6, 6.07) is 14.3. The summed E-state index contributed by atoms with van der Waals surface area (Å²) >= 11 is 4.90. The Morgan fingerprint density at radius 3 is 1.84 bits per heavy atom. The van der Waals surface area contributed by atoms with Gasteiger partial charge in [0.05, 0.1) is 6.04 Å². The summed E-state index contributed by atoms with van der Waals surface area (Å²) in [5.41, 5.74) is 0. The van der Waals surface area contributed by atoms with Crippen molar-refractivity contribution in [3.8, 4) is 11.5 Å². The van der Waals surface area contributed by atoms with Crippen molar-refractivity contribution in [2.24, 2.45) is 5.92 Å². The highest BCUT2D eigenvalue weighted by molar-refractivity contribution is 7.99. The van der Waals surface area contributed by atoms with Gasteiger partial charge >= 0.3 is 7.60 Å². The Hall–Kier alpha value is -1.78. The van der Waals surface area contributed by atoms with Crippen LogP contribution in [0.3, 0.4) is 0 Å². The van der Waals surface area contributed by atoms with Gasteiger partial charge in [-0.2, -0.15) is 11.8 Å². The van der Waals surface area contributed by atoms with E-state index in [9.17, 15) is 14.2 Å². The molecular formula is C33H50N3O5PS3. The first-order valence-electron chi connectivity index (χ1n) is 15.7. The average molecular weight is 696 g/mol. The fourth-order valence-corrected chi connectivity index (χ4v) is 8.61. The lowest BCUT2D eigenvalue weighted by Crippen LogP contribution is -2.57. The molecule has 1 N–H and O–H groups in total. The van der Waals surface area contributed by atoms with Crippen molar-refractivity contribution in [1.82, 2.24) is 15.1 Å². The fraction of sp³-hybridized carbons (Fsp3) is 0.576. The maximum Gasteiger partial charge on any atom is 0.453 e. The molecule has 2 atom stereocenters. The van der Waals surface area contributed by atoms with Crippen molar-refractivity contribution in [3.05, 3.63) is 48.5 Å². The van der Waals surface area contributed by atoms with E-state index in [1.54, 1.807) is 59.6 Å². The molecule has 0 spiro atoms. The van der Waals surface area contributed by atoms with Gasteiger partial charge in [-0.3, -0.25) is 14.5 Å². The number of amides is 2. The molecule has 0 saturated carbocycles. The summed E-state index contributed by atoms with van der Waals surface area (Å²) < 4.78 is 27.3. The van der Waals surface area contributed by atoms with Gasteiger partial charge in [-0.1, -0.05) is 33.6 Å². The zero-order valence-corrected chi connectivity index (χ0v) is 30.9. The predicted molar refractivity (Wildman–Crippen MR) is 191 cm³/mol. The third kappa shape index (κ3) is 11.5. The van der Waals surface area contributed by atoms with Gasteiger partial charge in [-0.25, -0.2) is 4.57 Å². The first kappa shape index (κ1) is 37.7. The van der Waals surface area contributed by atoms with Gasteiger partial charge in [0.2, 0.25) is 11.8 Å². The highest BCUT2D eigenvalue weighted by atomic mass is 32.2. The molecular weight excluding hydrogens is 646 g/mol. The molecule has 3 rings (SSSR count). The van der Waals surface area contributed by atoms with E-state index in [-0.39, 0.29) is 17.7 Å². The average Bonchev–Trinajstić information content (AvgIpc) is 3.04. The second kappa shape index (κ2) is 19.1. The third-order valence-corrected chi connectivity index (χ3v) is 12.3. The van der Waals surface area contributed by atoms with Gasteiger partial charge in [0.25, 0.3) is 0 Å². The van der Waals surface area contributed by atoms with Crippen molar-refractivity contribution in [2.75, 3.05) is 50.7 Å².